The molecule has 1 fully saturated rings. The van der Waals surface area contributed by atoms with E-state index in [1.54, 1.807) is 18.3 Å². The number of nitrogens with zero attached hydrogens (tertiary/aromatic N) is 2. The number of amides is 2. The second-order valence-corrected chi connectivity index (χ2v) is 7.15. The van der Waals surface area contributed by atoms with E-state index in [1.807, 2.05) is 20.8 Å². The fourth-order valence-electron chi connectivity index (χ4n) is 2.81. The van der Waals surface area contributed by atoms with Gasteiger partial charge in [-0.1, -0.05) is 6.92 Å². The van der Waals surface area contributed by atoms with E-state index in [2.05, 4.69) is 10.3 Å². The lowest BCUT2D eigenvalue weighted by Crippen LogP contribution is -2.50. The van der Waals surface area contributed by atoms with E-state index in [0.717, 1.165) is 19.3 Å². The van der Waals surface area contributed by atoms with Gasteiger partial charge in [-0.05, 0) is 51.7 Å². The van der Waals surface area contributed by atoms with E-state index in [0.29, 0.717) is 18.5 Å². The quantitative estimate of drug-likeness (QED) is 0.782. The van der Waals surface area contributed by atoms with Crippen LogP contribution in [0, 0.1) is 0 Å². The van der Waals surface area contributed by atoms with Crippen LogP contribution in [-0.2, 0) is 14.3 Å². The van der Waals surface area contributed by atoms with Gasteiger partial charge in [0, 0.05) is 24.5 Å². The molecule has 0 saturated carbocycles. The molecular weight excluding hydrogens is 334 g/mol. The summed E-state index contributed by atoms with van der Waals surface area (Å²) in [5.74, 6) is -1.12. The molecule has 1 aliphatic rings. The summed E-state index contributed by atoms with van der Waals surface area (Å²) in [6, 6.07) is 2.69. The molecule has 2 rings (SSSR count). The molecule has 1 atom stereocenters. The van der Waals surface area contributed by atoms with Gasteiger partial charge in [0.15, 0.2) is 6.61 Å². The Morgan fingerprint density at radius 2 is 2.12 bits per heavy atom. The highest BCUT2D eigenvalue weighted by Crippen LogP contribution is 2.20. The van der Waals surface area contributed by atoms with E-state index in [4.69, 9.17) is 4.74 Å². The van der Waals surface area contributed by atoms with E-state index < -0.39 is 12.0 Å². The van der Waals surface area contributed by atoms with Gasteiger partial charge in [-0.25, -0.2) is 4.79 Å². The van der Waals surface area contributed by atoms with Gasteiger partial charge in [0.1, 0.15) is 6.04 Å². The molecule has 142 valence electrons. The monoisotopic (exact) mass is 361 g/mol. The van der Waals surface area contributed by atoms with Crippen LogP contribution in [0.3, 0.4) is 0 Å². The number of piperidine rings is 1. The van der Waals surface area contributed by atoms with Crippen LogP contribution in [-0.4, -0.2) is 52.4 Å². The molecule has 0 aliphatic carbocycles. The zero-order chi connectivity index (χ0) is 19.2. The standard InChI is InChI=1S/C19H27N3O4/c1-4-19(2,3)21-16(23)13-26-18(25)15-9-5-6-11-22(15)17(24)14-8-7-10-20-12-14/h7-8,10,12,15H,4-6,9,11,13H2,1-3H3,(H,21,23). The SMILES string of the molecule is CCC(C)(C)NC(=O)COC(=O)C1CCCCN1C(=O)c1cccnc1. The molecule has 0 bridgehead atoms. The first kappa shape index (κ1) is 19.9. The summed E-state index contributed by atoms with van der Waals surface area (Å²) in [5, 5.41) is 2.82. The van der Waals surface area contributed by atoms with Crippen LogP contribution < -0.4 is 5.32 Å². The highest BCUT2D eigenvalue weighted by Gasteiger charge is 2.34. The normalized spacial score (nSPS) is 17.5. The Bertz CT molecular complexity index is 645. The topological polar surface area (TPSA) is 88.6 Å². The van der Waals surface area contributed by atoms with Crippen LogP contribution in [0.4, 0.5) is 0 Å². The first-order chi connectivity index (χ1) is 12.3. The van der Waals surface area contributed by atoms with Crippen LogP contribution in [0.5, 0.6) is 0 Å². The molecule has 7 nitrogen and oxygen atoms in total. The van der Waals surface area contributed by atoms with Gasteiger partial charge in [-0.3, -0.25) is 14.6 Å². The Morgan fingerprint density at radius 3 is 2.77 bits per heavy atom. The van der Waals surface area contributed by atoms with E-state index in [-0.39, 0.29) is 24.0 Å². The largest absolute Gasteiger partial charge is 0.454 e. The van der Waals surface area contributed by atoms with Gasteiger partial charge in [0.05, 0.1) is 5.56 Å². The zero-order valence-corrected chi connectivity index (χ0v) is 15.7. The second-order valence-electron chi connectivity index (χ2n) is 7.15. The number of pyridine rings is 1. The fraction of sp³-hybridized carbons (Fsp3) is 0.579. The lowest BCUT2D eigenvalue weighted by Gasteiger charge is -2.34. The molecule has 1 N–H and O–H groups in total. The van der Waals surface area contributed by atoms with Gasteiger partial charge >= 0.3 is 5.97 Å². The number of ether oxygens (including phenoxy) is 1. The highest BCUT2D eigenvalue weighted by atomic mass is 16.5. The van der Waals surface area contributed by atoms with Gasteiger partial charge in [-0.15, -0.1) is 0 Å². The summed E-state index contributed by atoms with van der Waals surface area (Å²) < 4.78 is 5.19. The van der Waals surface area contributed by atoms with Crippen molar-refractivity contribution in [3.05, 3.63) is 30.1 Å². The van der Waals surface area contributed by atoms with Crippen molar-refractivity contribution in [3.8, 4) is 0 Å². The summed E-state index contributed by atoms with van der Waals surface area (Å²) in [7, 11) is 0. The molecule has 0 radical (unpaired) electrons. The molecule has 0 aromatic carbocycles. The molecule has 26 heavy (non-hydrogen) atoms. The number of aromatic nitrogens is 1. The fourth-order valence-corrected chi connectivity index (χ4v) is 2.81. The number of nitrogens with one attached hydrogen (secondary N) is 1. The van der Waals surface area contributed by atoms with Gasteiger partial charge < -0.3 is 15.0 Å². The Kier molecular flexibility index (Phi) is 6.71. The average Bonchev–Trinajstić information content (AvgIpc) is 2.66. The Balaban J connectivity index is 1.97. The van der Waals surface area contributed by atoms with Crippen molar-refractivity contribution >= 4 is 17.8 Å². The van der Waals surface area contributed by atoms with Crippen LogP contribution in [0.1, 0.15) is 56.8 Å². The van der Waals surface area contributed by atoms with E-state index in [9.17, 15) is 14.4 Å². The smallest absolute Gasteiger partial charge is 0.329 e. The third-order valence-electron chi connectivity index (χ3n) is 4.65. The van der Waals surface area contributed by atoms with Crippen LogP contribution in [0.2, 0.25) is 0 Å². The summed E-state index contributed by atoms with van der Waals surface area (Å²) in [6.07, 6.45) is 6.05. The predicted molar refractivity (Wildman–Crippen MR) is 96.4 cm³/mol. The number of esters is 1. The van der Waals surface area contributed by atoms with Crippen molar-refractivity contribution in [1.82, 2.24) is 15.2 Å². The molecule has 7 heteroatoms. The number of hydrogen-bond donors (Lipinski definition) is 1. The van der Waals surface area contributed by atoms with Crippen molar-refractivity contribution in [2.75, 3.05) is 13.2 Å². The zero-order valence-electron chi connectivity index (χ0n) is 15.7. The third-order valence-corrected chi connectivity index (χ3v) is 4.65. The molecule has 1 aromatic rings. The van der Waals surface area contributed by atoms with Gasteiger partial charge in [0.2, 0.25) is 0 Å². The summed E-state index contributed by atoms with van der Waals surface area (Å²) >= 11 is 0. The summed E-state index contributed by atoms with van der Waals surface area (Å²) in [5.41, 5.74) is 0.0889. The number of carbonyl (C=O) groups excluding carboxylic acids is 3. The van der Waals surface area contributed by atoms with Gasteiger partial charge in [-0.2, -0.15) is 0 Å². The molecule has 0 spiro atoms. The molecule has 1 unspecified atom stereocenters. The van der Waals surface area contributed by atoms with Crippen molar-refractivity contribution in [1.29, 1.82) is 0 Å². The molecule has 2 heterocycles. The molecule has 1 aromatic heterocycles. The Morgan fingerprint density at radius 1 is 1.35 bits per heavy atom. The van der Waals surface area contributed by atoms with Crippen molar-refractivity contribution in [2.45, 2.75) is 58.0 Å². The number of carbonyl (C=O) groups is 3. The minimum Gasteiger partial charge on any atom is -0.454 e. The maximum Gasteiger partial charge on any atom is 0.329 e. The minimum absolute atomic E-state index is 0.240. The first-order valence-electron chi connectivity index (χ1n) is 9.02. The minimum atomic E-state index is -0.663. The van der Waals surface area contributed by atoms with Crippen molar-refractivity contribution in [3.63, 3.8) is 0 Å². The van der Waals surface area contributed by atoms with Crippen LogP contribution >= 0.6 is 0 Å². The van der Waals surface area contributed by atoms with Crippen LogP contribution in [0.15, 0.2) is 24.5 Å². The number of rotatable bonds is 6. The van der Waals surface area contributed by atoms with Crippen LogP contribution in [0.25, 0.3) is 0 Å². The number of likely N-dealkylation sites (tertiary alicyclic amines) is 1. The molecule has 1 aliphatic heterocycles. The summed E-state index contributed by atoms with van der Waals surface area (Å²) in [6.45, 7) is 5.93. The highest BCUT2D eigenvalue weighted by molar-refractivity contribution is 5.96. The van der Waals surface area contributed by atoms with E-state index in [1.165, 1.54) is 11.1 Å². The molecule has 2 amide bonds. The Labute approximate surface area is 154 Å². The van der Waals surface area contributed by atoms with Gasteiger partial charge in [0.25, 0.3) is 11.8 Å². The first-order valence-corrected chi connectivity index (χ1v) is 9.02. The molecular formula is C19H27N3O4. The van der Waals surface area contributed by atoms with E-state index >= 15 is 0 Å². The lowest BCUT2D eigenvalue weighted by atomic mass is 10.0. The second kappa shape index (κ2) is 8.78. The Hall–Kier alpha value is -2.44. The van der Waals surface area contributed by atoms with Crippen molar-refractivity contribution in [2.24, 2.45) is 0 Å². The predicted octanol–water partition coefficient (Wildman–Crippen LogP) is 1.92. The maximum atomic E-state index is 12.7. The summed E-state index contributed by atoms with van der Waals surface area (Å²) in [4.78, 5) is 42.6. The number of hydrogen-bond acceptors (Lipinski definition) is 5. The lowest BCUT2D eigenvalue weighted by molar-refractivity contribution is -0.154. The third kappa shape index (κ3) is 5.28. The van der Waals surface area contributed by atoms with Crippen molar-refractivity contribution < 1.29 is 19.1 Å². The maximum absolute atomic E-state index is 12.7. The average molecular weight is 361 g/mol. The molecule has 1 saturated heterocycles.